The van der Waals surface area contributed by atoms with Crippen LogP contribution < -0.4 is 10.6 Å². The first-order chi connectivity index (χ1) is 22.5. The zero-order chi connectivity index (χ0) is 33.6. The minimum atomic E-state index is -4.45. The summed E-state index contributed by atoms with van der Waals surface area (Å²) in [5.74, 6) is -0.577. The molecule has 0 aromatic heterocycles. The molecule has 47 heavy (non-hydrogen) atoms. The lowest BCUT2D eigenvalue weighted by atomic mass is 9.97. The fourth-order valence-electron chi connectivity index (χ4n) is 6.26. The van der Waals surface area contributed by atoms with Crippen molar-refractivity contribution in [2.24, 2.45) is 0 Å². The standard InChI is InChI=1S/C38H40F3N3O3/c1-25-16-17-32(26(2)19-25)34-15-8-18-44(34)37(47)30-13-7-12-29(22-30)36(46)43-33(21-27-9-4-3-5-10-27)35(45)24-42-23-28-11-6-14-31(20-28)38(39,40)41/h3-7,9-14,16-17,19-20,22,33-35,42,45H,8,15,18,21,23-24H2,1-2H3,(H,43,46). The molecule has 0 saturated carbocycles. The maximum Gasteiger partial charge on any atom is 0.416 e. The number of aliphatic hydroxyl groups excluding tert-OH is 1. The second-order valence-corrected chi connectivity index (χ2v) is 12.3. The number of aryl methyl sites for hydroxylation is 2. The minimum Gasteiger partial charge on any atom is -0.390 e. The van der Waals surface area contributed by atoms with Crippen LogP contribution in [0.5, 0.6) is 0 Å². The lowest BCUT2D eigenvalue weighted by Gasteiger charge is -2.27. The molecule has 0 aliphatic carbocycles. The van der Waals surface area contributed by atoms with Gasteiger partial charge in [-0.3, -0.25) is 9.59 Å². The Morgan fingerprint density at radius 1 is 0.894 bits per heavy atom. The van der Waals surface area contributed by atoms with Crippen molar-refractivity contribution >= 4 is 11.8 Å². The zero-order valence-corrected chi connectivity index (χ0v) is 26.6. The molecule has 3 N–H and O–H groups in total. The molecule has 0 bridgehead atoms. The normalized spacial score (nSPS) is 16.1. The second kappa shape index (κ2) is 15.0. The summed E-state index contributed by atoms with van der Waals surface area (Å²) in [6.45, 7) is 4.88. The van der Waals surface area contributed by atoms with Gasteiger partial charge in [0, 0.05) is 30.8 Å². The van der Waals surface area contributed by atoms with E-state index in [4.69, 9.17) is 0 Å². The van der Waals surface area contributed by atoms with E-state index < -0.39 is 29.8 Å². The number of carbonyl (C=O) groups excluding carboxylic acids is 2. The smallest absolute Gasteiger partial charge is 0.390 e. The van der Waals surface area contributed by atoms with Gasteiger partial charge in [-0.05, 0) is 79.6 Å². The second-order valence-electron chi connectivity index (χ2n) is 12.3. The molecule has 1 fully saturated rings. The Hall–Kier alpha value is -4.47. The van der Waals surface area contributed by atoms with Gasteiger partial charge in [0.2, 0.25) is 0 Å². The number of hydrogen-bond acceptors (Lipinski definition) is 4. The Morgan fingerprint density at radius 3 is 2.36 bits per heavy atom. The first kappa shape index (κ1) is 33.9. The van der Waals surface area contributed by atoms with Crippen LogP contribution in [0, 0.1) is 13.8 Å². The molecule has 1 heterocycles. The summed E-state index contributed by atoms with van der Waals surface area (Å²) in [6.07, 6.45) is -3.42. The van der Waals surface area contributed by atoms with E-state index in [0.717, 1.165) is 41.7 Å². The number of alkyl halides is 3. The van der Waals surface area contributed by atoms with Crippen molar-refractivity contribution in [3.63, 3.8) is 0 Å². The molecule has 1 aliphatic heterocycles. The van der Waals surface area contributed by atoms with Gasteiger partial charge in [-0.2, -0.15) is 13.2 Å². The molecule has 3 atom stereocenters. The van der Waals surface area contributed by atoms with E-state index in [1.807, 2.05) is 42.2 Å². The highest BCUT2D eigenvalue weighted by Gasteiger charge is 2.32. The molecule has 2 amide bonds. The number of halogens is 3. The third-order valence-electron chi connectivity index (χ3n) is 8.69. The topological polar surface area (TPSA) is 81.7 Å². The lowest BCUT2D eigenvalue weighted by molar-refractivity contribution is -0.137. The first-order valence-corrected chi connectivity index (χ1v) is 15.9. The number of carbonyl (C=O) groups is 2. The maximum atomic E-state index is 13.8. The van der Waals surface area contributed by atoms with Crippen LogP contribution in [0.15, 0.2) is 97.1 Å². The average Bonchev–Trinajstić information content (AvgIpc) is 3.54. The predicted molar refractivity (Wildman–Crippen MR) is 176 cm³/mol. The van der Waals surface area contributed by atoms with E-state index in [-0.39, 0.29) is 25.0 Å². The summed E-state index contributed by atoms with van der Waals surface area (Å²) >= 11 is 0. The monoisotopic (exact) mass is 643 g/mol. The van der Waals surface area contributed by atoms with Crippen molar-refractivity contribution < 1.29 is 27.9 Å². The highest BCUT2D eigenvalue weighted by molar-refractivity contribution is 6.00. The van der Waals surface area contributed by atoms with Crippen LogP contribution in [-0.4, -0.2) is 47.1 Å². The van der Waals surface area contributed by atoms with Crippen molar-refractivity contribution in [2.75, 3.05) is 13.1 Å². The Bertz CT molecular complexity index is 1690. The number of hydrogen-bond donors (Lipinski definition) is 3. The van der Waals surface area contributed by atoms with Crippen LogP contribution in [0.3, 0.4) is 0 Å². The molecule has 1 aliphatic rings. The van der Waals surface area contributed by atoms with Gasteiger partial charge in [0.1, 0.15) is 0 Å². The number of nitrogens with zero attached hydrogens (tertiary/aromatic N) is 1. The minimum absolute atomic E-state index is 0.0291. The van der Waals surface area contributed by atoms with Gasteiger partial charge < -0.3 is 20.6 Å². The molecule has 1 saturated heterocycles. The Morgan fingerprint density at radius 2 is 1.62 bits per heavy atom. The number of nitrogens with one attached hydrogen (secondary N) is 2. The third kappa shape index (κ3) is 8.67. The van der Waals surface area contributed by atoms with Crippen LogP contribution in [0.25, 0.3) is 0 Å². The van der Waals surface area contributed by atoms with Crippen molar-refractivity contribution in [3.8, 4) is 0 Å². The highest BCUT2D eigenvalue weighted by atomic mass is 19.4. The van der Waals surface area contributed by atoms with Crippen molar-refractivity contribution in [3.05, 3.63) is 142 Å². The summed E-state index contributed by atoms with van der Waals surface area (Å²) in [7, 11) is 0. The van der Waals surface area contributed by atoms with Gasteiger partial charge in [0.05, 0.1) is 23.8 Å². The van der Waals surface area contributed by atoms with Gasteiger partial charge in [-0.15, -0.1) is 0 Å². The van der Waals surface area contributed by atoms with Gasteiger partial charge in [-0.1, -0.05) is 78.4 Å². The number of rotatable bonds is 11. The van der Waals surface area contributed by atoms with Crippen LogP contribution >= 0.6 is 0 Å². The van der Waals surface area contributed by atoms with Crippen LogP contribution in [-0.2, 0) is 19.1 Å². The summed E-state index contributed by atoms with van der Waals surface area (Å²) in [6, 6.07) is 26.6. The van der Waals surface area contributed by atoms with Crippen LogP contribution in [0.4, 0.5) is 13.2 Å². The number of benzene rings is 4. The summed E-state index contributed by atoms with van der Waals surface area (Å²) in [5.41, 5.74) is 4.74. The molecule has 246 valence electrons. The van der Waals surface area contributed by atoms with Gasteiger partial charge >= 0.3 is 6.18 Å². The molecule has 4 aromatic rings. The number of aliphatic hydroxyl groups is 1. The lowest BCUT2D eigenvalue weighted by Crippen LogP contribution is -2.48. The van der Waals surface area contributed by atoms with E-state index in [2.05, 4.69) is 35.8 Å². The molecule has 4 aromatic carbocycles. The van der Waals surface area contributed by atoms with E-state index in [1.54, 1.807) is 30.3 Å². The number of amides is 2. The van der Waals surface area contributed by atoms with Crippen molar-refractivity contribution in [1.82, 2.24) is 15.5 Å². The highest BCUT2D eigenvalue weighted by Crippen LogP contribution is 2.35. The Balaban J connectivity index is 1.28. The SMILES string of the molecule is Cc1ccc(C2CCCN2C(=O)c2cccc(C(=O)NC(Cc3ccccc3)C(O)CNCc3cccc(C(F)(F)F)c3)c2)c(C)c1. The first-order valence-electron chi connectivity index (χ1n) is 15.9. The number of likely N-dealkylation sites (tertiary alicyclic amines) is 1. The van der Waals surface area contributed by atoms with Gasteiger partial charge in [-0.25, -0.2) is 0 Å². The van der Waals surface area contributed by atoms with Crippen molar-refractivity contribution in [2.45, 2.75) is 64.0 Å². The van der Waals surface area contributed by atoms with E-state index in [0.29, 0.717) is 29.7 Å². The summed E-state index contributed by atoms with van der Waals surface area (Å²) < 4.78 is 39.4. The van der Waals surface area contributed by atoms with Gasteiger partial charge in [0.15, 0.2) is 0 Å². The van der Waals surface area contributed by atoms with E-state index in [1.165, 1.54) is 11.6 Å². The summed E-state index contributed by atoms with van der Waals surface area (Å²) in [4.78, 5) is 29.2. The molecule has 0 radical (unpaired) electrons. The molecule has 6 nitrogen and oxygen atoms in total. The summed E-state index contributed by atoms with van der Waals surface area (Å²) in [5, 5.41) is 17.1. The fourth-order valence-corrected chi connectivity index (χ4v) is 6.26. The Kier molecular flexibility index (Phi) is 10.8. The van der Waals surface area contributed by atoms with E-state index >= 15 is 0 Å². The molecular formula is C38H40F3N3O3. The maximum absolute atomic E-state index is 13.8. The molecule has 5 rings (SSSR count). The van der Waals surface area contributed by atoms with Crippen LogP contribution in [0.1, 0.15) is 73.0 Å². The fraction of sp³-hybridized carbons (Fsp3) is 0.316. The molecule has 3 unspecified atom stereocenters. The quantitative estimate of drug-likeness (QED) is 0.168. The largest absolute Gasteiger partial charge is 0.416 e. The predicted octanol–water partition coefficient (Wildman–Crippen LogP) is 6.79. The van der Waals surface area contributed by atoms with E-state index in [9.17, 15) is 27.9 Å². The third-order valence-corrected chi connectivity index (χ3v) is 8.69. The van der Waals surface area contributed by atoms with Crippen molar-refractivity contribution in [1.29, 1.82) is 0 Å². The Labute approximate surface area is 273 Å². The molecule has 9 heteroatoms. The molecular weight excluding hydrogens is 603 g/mol. The molecule has 0 spiro atoms. The average molecular weight is 644 g/mol. The van der Waals surface area contributed by atoms with Crippen LogP contribution in [0.2, 0.25) is 0 Å². The zero-order valence-electron chi connectivity index (χ0n) is 26.6. The van der Waals surface area contributed by atoms with Gasteiger partial charge in [0.25, 0.3) is 11.8 Å².